The highest BCUT2D eigenvalue weighted by Crippen LogP contribution is 2.22. The fourth-order valence-electron chi connectivity index (χ4n) is 1.44. The molecule has 3 heteroatoms. The molecule has 0 aliphatic carbocycles. The summed E-state index contributed by atoms with van der Waals surface area (Å²) in [6, 6.07) is 0.588. The highest BCUT2D eigenvalue weighted by molar-refractivity contribution is 7.15. The molecule has 1 N–H and O–H groups in total. The molecule has 1 unspecified atom stereocenters. The Bertz CT molecular complexity index is 261. The first-order valence-corrected chi connectivity index (χ1v) is 6.19. The van der Waals surface area contributed by atoms with Crippen LogP contribution in [0.15, 0.2) is 0 Å². The lowest BCUT2D eigenvalue weighted by atomic mass is 10.1. The van der Waals surface area contributed by atoms with Crippen LogP contribution in [0.4, 0.5) is 5.13 Å². The molecule has 0 amide bonds. The van der Waals surface area contributed by atoms with E-state index in [1.807, 2.05) is 0 Å². The summed E-state index contributed by atoms with van der Waals surface area (Å²) < 4.78 is 0. The van der Waals surface area contributed by atoms with E-state index in [0.29, 0.717) is 6.04 Å². The van der Waals surface area contributed by atoms with Crippen LogP contribution in [-0.4, -0.2) is 11.0 Å². The Morgan fingerprint density at radius 3 is 2.50 bits per heavy atom. The largest absolute Gasteiger partial charge is 0.359 e. The summed E-state index contributed by atoms with van der Waals surface area (Å²) in [5.41, 5.74) is 1.16. The number of hydrogen-bond donors (Lipinski definition) is 1. The van der Waals surface area contributed by atoms with Crippen molar-refractivity contribution in [2.75, 3.05) is 5.32 Å². The zero-order valence-corrected chi connectivity index (χ0v) is 10.4. The Kier molecular flexibility index (Phi) is 4.39. The van der Waals surface area contributed by atoms with Crippen LogP contribution < -0.4 is 5.32 Å². The molecule has 0 spiro atoms. The van der Waals surface area contributed by atoms with Crippen molar-refractivity contribution in [3.63, 3.8) is 0 Å². The standard InChI is InChI=1S/C11H20N2S/c1-5-7-10(6-2)13-11-12-8(3)9(4)14-11/h10H,5-7H2,1-4H3,(H,12,13). The van der Waals surface area contributed by atoms with Gasteiger partial charge in [0.2, 0.25) is 0 Å². The quantitative estimate of drug-likeness (QED) is 0.804. The Hall–Kier alpha value is -0.570. The van der Waals surface area contributed by atoms with Gasteiger partial charge in [-0.1, -0.05) is 20.3 Å². The number of anilines is 1. The van der Waals surface area contributed by atoms with E-state index in [-0.39, 0.29) is 0 Å². The van der Waals surface area contributed by atoms with Crippen molar-refractivity contribution in [3.8, 4) is 0 Å². The third kappa shape index (κ3) is 2.98. The van der Waals surface area contributed by atoms with E-state index in [4.69, 9.17) is 0 Å². The zero-order chi connectivity index (χ0) is 10.6. The molecule has 80 valence electrons. The van der Waals surface area contributed by atoms with Gasteiger partial charge in [0.1, 0.15) is 0 Å². The topological polar surface area (TPSA) is 24.9 Å². The van der Waals surface area contributed by atoms with Gasteiger partial charge in [0.05, 0.1) is 5.69 Å². The number of hydrogen-bond acceptors (Lipinski definition) is 3. The van der Waals surface area contributed by atoms with E-state index in [2.05, 4.69) is 38.0 Å². The average Bonchev–Trinajstić information content (AvgIpc) is 2.45. The van der Waals surface area contributed by atoms with Gasteiger partial charge in [-0.3, -0.25) is 0 Å². The number of aromatic nitrogens is 1. The van der Waals surface area contributed by atoms with E-state index in [0.717, 1.165) is 10.8 Å². The number of aryl methyl sites for hydroxylation is 2. The summed E-state index contributed by atoms with van der Waals surface area (Å²) >= 11 is 1.76. The minimum absolute atomic E-state index is 0.588. The van der Waals surface area contributed by atoms with Crippen LogP contribution in [0.5, 0.6) is 0 Å². The second-order valence-electron chi connectivity index (χ2n) is 3.70. The molecular formula is C11H20N2S. The minimum atomic E-state index is 0.588. The van der Waals surface area contributed by atoms with Crippen molar-refractivity contribution in [2.45, 2.75) is 53.0 Å². The van der Waals surface area contributed by atoms with Crippen LogP contribution in [0.3, 0.4) is 0 Å². The highest BCUT2D eigenvalue weighted by atomic mass is 32.1. The molecule has 1 rings (SSSR count). The average molecular weight is 212 g/mol. The van der Waals surface area contributed by atoms with E-state index >= 15 is 0 Å². The highest BCUT2D eigenvalue weighted by Gasteiger charge is 2.08. The van der Waals surface area contributed by atoms with Crippen LogP contribution in [0.25, 0.3) is 0 Å². The maximum atomic E-state index is 4.49. The second-order valence-corrected chi connectivity index (χ2v) is 4.90. The summed E-state index contributed by atoms with van der Waals surface area (Å²) in [6.45, 7) is 8.64. The SMILES string of the molecule is CCCC(CC)Nc1nc(C)c(C)s1. The lowest BCUT2D eigenvalue weighted by Gasteiger charge is -2.14. The van der Waals surface area contributed by atoms with Crippen LogP contribution >= 0.6 is 11.3 Å². The molecule has 0 aromatic carbocycles. The third-order valence-corrected chi connectivity index (χ3v) is 3.49. The summed E-state index contributed by atoms with van der Waals surface area (Å²) in [5, 5.41) is 4.58. The van der Waals surface area contributed by atoms with Crippen LogP contribution in [0, 0.1) is 13.8 Å². The van der Waals surface area contributed by atoms with Gasteiger partial charge < -0.3 is 5.32 Å². The Morgan fingerprint density at radius 1 is 1.36 bits per heavy atom. The number of nitrogens with zero attached hydrogens (tertiary/aromatic N) is 1. The summed E-state index contributed by atoms with van der Waals surface area (Å²) in [4.78, 5) is 5.81. The Balaban J connectivity index is 2.57. The maximum absolute atomic E-state index is 4.49. The molecule has 14 heavy (non-hydrogen) atoms. The molecule has 0 saturated heterocycles. The van der Waals surface area contributed by atoms with Crippen molar-refractivity contribution in [1.82, 2.24) is 4.98 Å². The van der Waals surface area contributed by atoms with E-state index in [9.17, 15) is 0 Å². The van der Waals surface area contributed by atoms with Crippen LogP contribution in [0.1, 0.15) is 43.7 Å². The zero-order valence-electron chi connectivity index (χ0n) is 9.55. The normalized spacial score (nSPS) is 12.9. The maximum Gasteiger partial charge on any atom is 0.183 e. The Labute approximate surface area is 90.8 Å². The van der Waals surface area contributed by atoms with Gasteiger partial charge in [-0.15, -0.1) is 11.3 Å². The summed E-state index contributed by atoms with van der Waals surface area (Å²) in [5.74, 6) is 0. The lowest BCUT2D eigenvalue weighted by molar-refractivity contribution is 0.622. The molecule has 1 aromatic rings. The molecule has 0 radical (unpaired) electrons. The number of thiazole rings is 1. The molecule has 0 aliphatic rings. The van der Waals surface area contributed by atoms with Crippen LogP contribution in [0.2, 0.25) is 0 Å². The van der Waals surface area contributed by atoms with Gasteiger partial charge in [0, 0.05) is 10.9 Å². The van der Waals surface area contributed by atoms with Gasteiger partial charge in [0.25, 0.3) is 0 Å². The second kappa shape index (κ2) is 5.35. The van der Waals surface area contributed by atoms with E-state index in [1.165, 1.54) is 24.1 Å². The number of rotatable bonds is 5. The van der Waals surface area contributed by atoms with Crippen molar-refractivity contribution in [3.05, 3.63) is 10.6 Å². The molecule has 1 aromatic heterocycles. The van der Waals surface area contributed by atoms with Crippen molar-refractivity contribution in [1.29, 1.82) is 0 Å². The molecule has 2 nitrogen and oxygen atoms in total. The van der Waals surface area contributed by atoms with E-state index < -0.39 is 0 Å². The van der Waals surface area contributed by atoms with Gasteiger partial charge in [-0.2, -0.15) is 0 Å². The third-order valence-electron chi connectivity index (χ3n) is 2.49. The first-order chi connectivity index (χ1) is 6.67. The fraction of sp³-hybridized carbons (Fsp3) is 0.727. The minimum Gasteiger partial charge on any atom is -0.359 e. The predicted molar refractivity (Wildman–Crippen MR) is 64.2 cm³/mol. The molecule has 0 fully saturated rings. The lowest BCUT2D eigenvalue weighted by Crippen LogP contribution is -2.17. The van der Waals surface area contributed by atoms with Crippen molar-refractivity contribution >= 4 is 16.5 Å². The first kappa shape index (κ1) is 11.5. The summed E-state index contributed by atoms with van der Waals surface area (Å²) in [7, 11) is 0. The van der Waals surface area contributed by atoms with Gasteiger partial charge >= 0.3 is 0 Å². The molecule has 1 atom stereocenters. The fourth-order valence-corrected chi connectivity index (χ4v) is 2.33. The van der Waals surface area contributed by atoms with Crippen molar-refractivity contribution < 1.29 is 0 Å². The monoisotopic (exact) mass is 212 g/mol. The molecule has 1 heterocycles. The molecular weight excluding hydrogens is 192 g/mol. The molecule has 0 aliphatic heterocycles. The van der Waals surface area contributed by atoms with Crippen molar-refractivity contribution in [2.24, 2.45) is 0 Å². The van der Waals surface area contributed by atoms with E-state index in [1.54, 1.807) is 11.3 Å². The van der Waals surface area contributed by atoms with Gasteiger partial charge in [0.15, 0.2) is 5.13 Å². The van der Waals surface area contributed by atoms with Gasteiger partial charge in [-0.25, -0.2) is 4.98 Å². The van der Waals surface area contributed by atoms with Crippen LogP contribution in [-0.2, 0) is 0 Å². The Morgan fingerprint density at radius 2 is 2.07 bits per heavy atom. The number of nitrogens with one attached hydrogen (secondary N) is 1. The summed E-state index contributed by atoms with van der Waals surface area (Å²) in [6.07, 6.45) is 3.63. The molecule has 0 bridgehead atoms. The first-order valence-electron chi connectivity index (χ1n) is 5.37. The predicted octanol–water partition coefficient (Wildman–Crippen LogP) is 3.75. The van der Waals surface area contributed by atoms with Gasteiger partial charge in [-0.05, 0) is 26.7 Å². The smallest absolute Gasteiger partial charge is 0.183 e. The molecule has 0 saturated carbocycles.